The Bertz CT molecular complexity index is 899. The maximum Gasteiger partial charge on any atom is 0.377 e. The van der Waals surface area contributed by atoms with Crippen molar-refractivity contribution in [2.75, 3.05) is 19.8 Å². The molecule has 3 atom stereocenters. The largest absolute Gasteiger partial charge is 0.390 e. The fourth-order valence-electron chi connectivity index (χ4n) is 6.64. The van der Waals surface area contributed by atoms with E-state index < -0.39 is 42.0 Å². The Morgan fingerprint density at radius 2 is 0.796 bits per heavy atom. The molecule has 54 heavy (non-hydrogen) atoms. The van der Waals surface area contributed by atoms with Gasteiger partial charge in [0.25, 0.3) is 5.79 Å². The second-order valence-corrected chi connectivity index (χ2v) is 15.5. The van der Waals surface area contributed by atoms with Gasteiger partial charge in [0.1, 0.15) is 6.61 Å². The highest BCUT2D eigenvalue weighted by Gasteiger charge is 2.56. The lowest BCUT2D eigenvalue weighted by molar-refractivity contribution is -0.272. The molecule has 0 aliphatic rings. The average molecular weight is 773 g/mol. The van der Waals surface area contributed by atoms with Crippen molar-refractivity contribution in [1.82, 2.24) is 0 Å². The minimum absolute atomic E-state index is 0.0793. The first kappa shape index (κ1) is 52.6. The van der Waals surface area contributed by atoms with E-state index in [0.29, 0.717) is 19.3 Å². The number of carbonyl (C=O) groups excluding carboxylic acids is 3. The predicted molar refractivity (Wildman–Crippen MR) is 216 cm³/mol. The molecule has 0 rings (SSSR count). The lowest BCUT2D eigenvalue weighted by Gasteiger charge is -2.33. The molecule has 3 unspecified atom stereocenters. The van der Waals surface area contributed by atoms with E-state index in [0.717, 1.165) is 89.9 Å². The number of aliphatic hydroxyl groups excluding tert-OH is 2. The third-order valence-corrected chi connectivity index (χ3v) is 10.4. The summed E-state index contributed by atoms with van der Waals surface area (Å²) in [5.41, 5.74) is 0. The number of ketones is 1. The topological polar surface area (TPSA) is 160 Å². The number of hydrogen-bond acceptors (Lipinski definition) is 10. The summed E-state index contributed by atoms with van der Waals surface area (Å²) in [7, 11) is 0. The molecular weight excluding hydrogens is 688 g/mol. The number of rotatable bonds is 41. The van der Waals surface area contributed by atoms with Crippen molar-refractivity contribution in [2.45, 2.75) is 244 Å². The van der Waals surface area contributed by atoms with Gasteiger partial charge in [-0.3, -0.25) is 9.59 Å². The summed E-state index contributed by atoms with van der Waals surface area (Å²) in [6, 6.07) is 0. The van der Waals surface area contributed by atoms with Crippen LogP contribution in [0.4, 0.5) is 0 Å². The van der Waals surface area contributed by atoms with E-state index in [1.165, 1.54) is 89.9 Å². The normalized spacial score (nSPS) is 14.4. The van der Waals surface area contributed by atoms with Gasteiger partial charge < -0.3 is 34.6 Å². The van der Waals surface area contributed by atoms with Gasteiger partial charge in [-0.05, 0) is 19.3 Å². The van der Waals surface area contributed by atoms with E-state index >= 15 is 0 Å². The lowest BCUT2D eigenvalue weighted by atomic mass is 9.99. The van der Waals surface area contributed by atoms with Crippen LogP contribution in [-0.2, 0) is 28.6 Å². The minimum Gasteiger partial charge on any atom is -0.390 e. The van der Waals surface area contributed by atoms with Gasteiger partial charge in [-0.25, -0.2) is 4.79 Å². The third-order valence-electron chi connectivity index (χ3n) is 10.4. The fourth-order valence-corrected chi connectivity index (χ4v) is 6.64. The van der Waals surface area contributed by atoms with Gasteiger partial charge in [0.05, 0.1) is 13.2 Å². The highest BCUT2D eigenvalue weighted by Crippen LogP contribution is 2.24. The third kappa shape index (κ3) is 26.4. The molecule has 0 heterocycles. The van der Waals surface area contributed by atoms with Gasteiger partial charge in [-0.15, -0.1) is 0 Å². The standard InChI is InChI=1S/C44H84O10/c1-4-7-10-13-16-17-18-19-20-21-22-23-24-25-26-27-28-29-32-35-39(46)54-42(49)44(51,53-37-34-31-15-12-9-6-3)41(48)40(47)43(50,38-45)52-36-33-30-14-11-8-5-2/h41,45,48,50-51H,4-38H2,1-3H3. The molecule has 0 aromatic carbocycles. The molecule has 0 radical (unpaired) electrons. The van der Waals surface area contributed by atoms with Crippen molar-refractivity contribution in [3.05, 3.63) is 0 Å². The van der Waals surface area contributed by atoms with E-state index in [-0.39, 0.29) is 19.6 Å². The predicted octanol–water partition coefficient (Wildman–Crippen LogP) is 9.93. The first-order valence-corrected chi connectivity index (χ1v) is 22.4. The fraction of sp³-hybridized carbons (Fsp3) is 0.932. The van der Waals surface area contributed by atoms with Crippen LogP contribution in [0.3, 0.4) is 0 Å². The Kier molecular flexibility index (Phi) is 35.0. The SMILES string of the molecule is CCCCCCCCCCCCCCCCCCCCCC(=O)OC(=O)C(O)(OCCCCCCCC)C(O)C(=O)C(O)(CO)OCCCCCCCC. The maximum atomic E-state index is 13.2. The summed E-state index contributed by atoms with van der Waals surface area (Å²) in [4.78, 5) is 38.9. The van der Waals surface area contributed by atoms with Crippen LogP contribution in [0.1, 0.15) is 226 Å². The highest BCUT2D eigenvalue weighted by atomic mass is 16.7. The smallest absolute Gasteiger partial charge is 0.377 e. The minimum atomic E-state index is -3.28. The molecule has 4 N–H and O–H groups in total. The monoisotopic (exact) mass is 773 g/mol. The van der Waals surface area contributed by atoms with Crippen molar-refractivity contribution in [3.8, 4) is 0 Å². The molecule has 0 saturated carbocycles. The van der Waals surface area contributed by atoms with E-state index in [9.17, 15) is 34.8 Å². The number of ether oxygens (including phenoxy) is 3. The van der Waals surface area contributed by atoms with Crippen LogP contribution in [-0.4, -0.2) is 75.6 Å². The van der Waals surface area contributed by atoms with Crippen LogP contribution in [0.2, 0.25) is 0 Å². The summed E-state index contributed by atoms with van der Waals surface area (Å²) >= 11 is 0. The van der Waals surface area contributed by atoms with E-state index in [2.05, 4.69) is 20.8 Å². The van der Waals surface area contributed by atoms with Crippen molar-refractivity contribution in [2.24, 2.45) is 0 Å². The molecule has 0 bridgehead atoms. The van der Waals surface area contributed by atoms with Gasteiger partial charge >= 0.3 is 17.7 Å². The molecule has 0 saturated heterocycles. The van der Waals surface area contributed by atoms with Gasteiger partial charge in [0.15, 0.2) is 6.10 Å². The molecule has 0 spiro atoms. The zero-order valence-corrected chi connectivity index (χ0v) is 35.1. The van der Waals surface area contributed by atoms with Crippen molar-refractivity contribution in [1.29, 1.82) is 0 Å². The van der Waals surface area contributed by atoms with Crippen LogP contribution < -0.4 is 0 Å². The highest BCUT2D eigenvalue weighted by molar-refractivity contribution is 5.98. The van der Waals surface area contributed by atoms with Gasteiger partial charge in [-0.2, -0.15) is 0 Å². The van der Waals surface area contributed by atoms with Gasteiger partial charge in [0, 0.05) is 6.42 Å². The zero-order chi connectivity index (χ0) is 40.2. The molecule has 0 amide bonds. The number of unbranched alkanes of at least 4 members (excludes halogenated alkanes) is 28. The Balaban J connectivity index is 4.65. The number of esters is 2. The summed E-state index contributed by atoms with van der Waals surface area (Å²) < 4.78 is 15.5. The molecule has 0 aliphatic carbocycles. The molecular formula is C44H84O10. The summed E-state index contributed by atoms with van der Waals surface area (Å²) in [5.74, 6) is -10.3. The van der Waals surface area contributed by atoms with E-state index in [1.807, 2.05) is 0 Å². The molecule has 0 fully saturated rings. The van der Waals surface area contributed by atoms with Crippen molar-refractivity contribution in [3.63, 3.8) is 0 Å². The lowest BCUT2D eigenvalue weighted by Crippen LogP contribution is -2.62. The maximum absolute atomic E-state index is 13.2. The van der Waals surface area contributed by atoms with Crippen LogP contribution in [0.15, 0.2) is 0 Å². The van der Waals surface area contributed by atoms with Crippen molar-refractivity contribution >= 4 is 17.7 Å². The van der Waals surface area contributed by atoms with Crippen molar-refractivity contribution < 1.29 is 49.0 Å². The average Bonchev–Trinajstić information content (AvgIpc) is 3.17. The van der Waals surface area contributed by atoms with Crippen LogP contribution in [0.25, 0.3) is 0 Å². The van der Waals surface area contributed by atoms with Crippen LogP contribution in [0, 0.1) is 0 Å². The van der Waals surface area contributed by atoms with Gasteiger partial charge in [-0.1, -0.05) is 201 Å². The Morgan fingerprint density at radius 1 is 0.481 bits per heavy atom. The molecule has 0 aromatic heterocycles. The second kappa shape index (κ2) is 35.9. The first-order valence-electron chi connectivity index (χ1n) is 22.4. The molecule has 10 nitrogen and oxygen atoms in total. The summed E-state index contributed by atoms with van der Waals surface area (Å²) in [5, 5.41) is 42.7. The quantitative estimate of drug-likeness (QED) is 0.0204. The van der Waals surface area contributed by atoms with Crippen LogP contribution >= 0.6 is 0 Å². The number of carbonyl (C=O) groups is 3. The summed E-state index contributed by atoms with van der Waals surface area (Å²) in [6.07, 6.45) is 31.1. The molecule has 0 aromatic rings. The molecule has 10 heteroatoms. The zero-order valence-electron chi connectivity index (χ0n) is 35.1. The molecule has 0 aliphatic heterocycles. The van der Waals surface area contributed by atoms with Crippen LogP contribution in [0.5, 0.6) is 0 Å². The Morgan fingerprint density at radius 3 is 1.15 bits per heavy atom. The number of aliphatic hydroxyl groups is 4. The van der Waals surface area contributed by atoms with E-state index in [4.69, 9.17) is 14.2 Å². The Labute approximate surface area is 329 Å². The molecule has 320 valence electrons. The first-order chi connectivity index (χ1) is 26.1. The summed E-state index contributed by atoms with van der Waals surface area (Å²) in [6.45, 7) is 4.93. The Hall–Kier alpha value is -1.43. The van der Waals surface area contributed by atoms with E-state index in [1.54, 1.807) is 0 Å². The second-order valence-electron chi connectivity index (χ2n) is 15.5. The van der Waals surface area contributed by atoms with Gasteiger partial charge in [0.2, 0.25) is 5.78 Å². The number of hydrogen-bond donors (Lipinski definition) is 4. The number of Topliss-reactive ketones (excluding diaryl/α,β-unsaturated/α-hetero) is 1.